The van der Waals surface area contributed by atoms with Crippen LogP contribution in [0.1, 0.15) is 22.8 Å². The Labute approximate surface area is 206 Å². The zero-order valence-electron chi connectivity index (χ0n) is 19.6. The lowest BCUT2D eigenvalue weighted by Crippen LogP contribution is -2.49. The third kappa shape index (κ3) is 2.85. The standard InChI is InChI=1S/C29H21FN2O4/c1-32-22-15-19(30)13-14-20(22)24-27(32)35-26(18-11-7-4-8-12-18)23-21(16-31)25(17-9-5-3-6-10-17)36-29(23,24)28(33)34-2/h3-15,23,26H,1-2H3/t23-,26-,29-/m1/s1. The van der Waals surface area contributed by atoms with E-state index in [1.54, 1.807) is 17.7 Å². The first-order valence-corrected chi connectivity index (χ1v) is 11.5. The van der Waals surface area contributed by atoms with Gasteiger partial charge in [0, 0.05) is 18.0 Å². The molecule has 0 N–H and O–H groups in total. The molecule has 6 rings (SSSR count). The number of methoxy groups -OCH3 is 1. The second-order valence-electron chi connectivity index (χ2n) is 8.88. The summed E-state index contributed by atoms with van der Waals surface area (Å²) in [6, 6.07) is 25.2. The highest BCUT2D eigenvalue weighted by Gasteiger charge is 2.66. The largest absolute Gasteiger partial charge is 0.469 e. The van der Waals surface area contributed by atoms with Crippen LogP contribution in [0.5, 0.6) is 5.88 Å². The minimum Gasteiger partial charge on any atom is -0.469 e. The molecule has 0 aliphatic carbocycles. The minimum absolute atomic E-state index is 0.283. The van der Waals surface area contributed by atoms with Gasteiger partial charge < -0.3 is 18.8 Å². The number of rotatable bonds is 3. The fourth-order valence-electron chi connectivity index (χ4n) is 5.52. The minimum atomic E-state index is -1.73. The summed E-state index contributed by atoms with van der Waals surface area (Å²) < 4.78 is 34.6. The van der Waals surface area contributed by atoms with Crippen molar-refractivity contribution in [1.29, 1.82) is 5.26 Å². The summed E-state index contributed by atoms with van der Waals surface area (Å²) in [5.74, 6) is -1.27. The maximum atomic E-state index is 14.3. The van der Waals surface area contributed by atoms with Crippen molar-refractivity contribution in [3.05, 3.63) is 107 Å². The average Bonchev–Trinajstić information content (AvgIpc) is 3.42. The normalized spacial score (nSPS) is 22.3. The van der Waals surface area contributed by atoms with Crippen molar-refractivity contribution in [2.45, 2.75) is 11.7 Å². The van der Waals surface area contributed by atoms with E-state index in [-0.39, 0.29) is 5.57 Å². The number of nitrogens with zero attached hydrogens (tertiary/aromatic N) is 2. The number of hydrogen-bond donors (Lipinski definition) is 0. The second-order valence-corrected chi connectivity index (χ2v) is 8.88. The van der Waals surface area contributed by atoms with Gasteiger partial charge in [0.15, 0.2) is 0 Å². The van der Waals surface area contributed by atoms with Gasteiger partial charge in [-0.25, -0.2) is 9.18 Å². The molecule has 0 amide bonds. The Morgan fingerprint density at radius 2 is 1.78 bits per heavy atom. The van der Waals surface area contributed by atoms with E-state index in [1.165, 1.54) is 19.2 Å². The highest BCUT2D eigenvalue weighted by Crippen LogP contribution is 2.62. The molecule has 178 valence electrons. The van der Waals surface area contributed by atoms with Gasteiger partial charge in [0.1, 0.15) is 17.7 Å². The van der Waals surface area contributed by atoms with Crippen LogP contribution in [0.15, 0.2) is 84.4 Å². The van der Waals surface area contributed by atoms with Gasteiger partial charge in [-0.2, -0.15) is 5.26 Å². The Kier molecular flexibility index (Phi) is 4.87. The number of nitriles is 1. The van der Waals surface area contributed by atoms with Crippen molar-refractivity contribution in [2.75, 3.05) is 7.11 Å². The van der Waals surface area contributed by atoms with Crippen molar-refractivity contribution in [3.8, 4) is 11.9 Å². The SMILES string of the molecule is COC(=O)[C@@]12OC(c3ccccc3)=C(C#N)[C@@H]1[C@@H](c1ccccc1)Oc1c2c2ccc(F)cc2n1C. The molecule has 0 radical (unpaired) electrons. The Morgan fingerprint density at radius 3 is 2.44 bits per heavy atom. The number of hydrogen-bond acceptors (Lipinski definition) is 5. The summed E-state index contributed by atoms with van der Waals surface area (Å²) in [5, 5.41) is 11.0. The van der Waals surface area contributed by atoms with Crippen molar-refractivity contribution < 1.29 is 23.4 Å². The fraction of sp³-hybridized carbons (Fsp3) is 0.172. The van der Waals surface area contributed by atoms with Crippen molar-refractivity contribution in [2.24, 2.45) is 13.0 Å². The molecule has 3 aromatic carbocycles. The van der Waals surface area contributed by atoms with Gasteiger partial charge in [-0.05, 0) is 23.8 Å². The van der Waals surface area contributed by atoms with Crippen LogP contribution in [0.25, 0.3) is 16.7 Å². The predicted molar refractivity (Wildman–Crippen MR) is 130 cm³/mol. The summed E-state index contributed by atoms with van der Waals surface area (Å²) in [6.45, 7) is 0. The van der Waals surface area contributed by atoms with E-state index in [4.69, 9.17) is 14.2 Å². The third-order valence-corrected chi connectivity index (χ3v) is 7.05. The lowest BCUT2D eigenvalue weighted by molar-refractivity contribution is -0.171. The van der Waals surface area contributed by atoms with Crippen molar-refractivity contribution >= 4 is 22.6 Å². The lowest BCUT2D eigenvalue weighted by atomic mass is 9.72. The summed E-state index contributed by atoms with van der Waals surface area (Å²) in [6.07, 6.45) is -0.749. The molecule has 0 spiro atoms. The number of aryl methyl sites for hydroxylation is 1. The van der Waals surface area contributed by atoms with Crippen molar-refractivity contribution in [3.63, 3.8) is 0 Å². The monoisotopic (exact) mass is 480 g/mol. The molecule has 2 aliphatic heterocycles. The number of halogens is 1. The van der Waals surface area contributed by atoms with Gasteiger partial charge in [-0.15, -0.1) is 0 Å². The van der Waals surface area contributed by atoms with Crippen LogP contribution in [-0.4, -0.2) is 17.6 Å². The number of carbonyl (C=O) groups is 1. The van der Waals surface area contributed by atoms with E-state index in [9.17, 15) is 14.4 Å². The Hall–Kier alpha value is -4.57. The summed E-state index contributed by atoms with van der Waals surface area (Å²) in [7, 11) is 3.04. The van der Waals surface area contributed by atoms with Gasteiger partial charge in [-0.3, -0.25) is 0 Å². The van der Waals surface area contributed by atoms with Crippen LogP contribution in [0.3, 0.4) is 0 Å². The van der Waals surface area contributed by atoms with Crippen LogP contribution in [0, 0.1) is 23.1 Å². The second kappa shape index (κ2) is 7.99. The number of aromatic nitrogens is 1. The smallest absolute Gasteiger partial charge is 0.356 e. The molecular formula is C29H21FN2O4. The van der Waals surface area contributed by atoms with E-state index in [0.29, 0.717) is 33.7 Å². The number of ether oxygens (including phenoxy) is 3. The first-order valence-electron chi connectivity index (χ1n) is 11.5. The van der Waals surface area contributed by atoms with E-state index in [1.807, 2.05) is 60.7 Å². The van der Waals surface area contributed by atoms with Gasteiger partial charge in [0.25, 0.3) is 0 Å². The Bertz CT molecular complexity index is 1590. The van der Waals surface area contributed by atoms with Gasteiger partial charge >= 0.3 is 5.97 Å². The lowest BCUT2D eigenvalue weighted by Gasteiger charge is -2.41. The Morgan fingerprint density at radius 1 is 1.08 bits per heavy atom. The molecule has 0 saturated heterocycles. The number of fused-ring (bicyclic) bond motifs is 5. The Balaban J connectivity index is 1.73. The topological polar surface area (TPSA) is 73.5 Å². The molecule has 3 heterocycles. The fourth-order valence-corrected chi connectivity index (χ4v) is 5.52. The van der Waals surface area contributed by atoms with Crippen LogP contribution in [-0.2, 0) is 26.9 Å². The summed E-state index contributed by atoms with van der Waals surface area (Å²) >= 11 is 0. The third-order valence-electron chi connectivity index (χ3n) is 7.05. The zero-order chi connectivity index (χ0) is 25.0. The van der Waals surface area contributed by atoms with Gasteiger partial charge in [-0.1, -0.05) is 60.7 Å². The van der Waals surface area contributed by atoms with Crippen molar-refractivity contribution in [1.82, 2.24) is 4.57 Å². The molecule has 6 nitrogen and oxygen atoms in total. The molecule has 0 bridgehead atoms. The molecule has 0 unspecified atom stereocenters. The number of esters is 1. The highest BCUT2D eigenvalue weighted by molar-refractivity contribution is 5.98. The molecule has 2 aliphatic rings. The quantitative estimate of drug-likeness (QED) is 0.367. The number of carbonyl (C=O) groups excluding carboxylic acids is 1. The highest BCUT2D eigenvalue weighted by atomic mass is 19.1. The van der Waals surface area contributed by atoms with E-state index in [2.05, 4.69) is 6.07 Å². The maximum absolute atomic E-state index is 14.3. The zero-order valence-corrected chi connectivity index (χ0v) is 19.6. The molecule has 0 fully saturated rings. The first kappa shape index (κ1) is 21.9. The van der Waals surface area contributed by atoms with Crippen LogP contribution < -0.4 is 4.74 Å². The first-order chi connectivity index (χ1) is 17.5. The summed E-state index contributed by atoms with van der Waals surface area (Å²) in [4.78, 5) is 13.8. The van der Waals surface area contributed by atoms with Gasteiger partial charge in [0.05, 0.1) is 35.8 Å². The maximum Gasteiger partial charge on any atom is 0.356 e. The van der Waals surface area contributed by atoms with Crippen LogP contribution >= 0.6 is 0 Å². The van der Waals surface area contributed by atoms with E-state index >= 15 is 0 Å². The summed E-state index contributed by atoms with van der Waals surface area (Å²) in [5.41, 5.74) is 0.935. The molecule has 36 heavy (non-hydrogen) atoms. The molecule has 7 heteroatoms. The van der Waals surface area contributed by atoms with Crippen LogP contribution in [0.4, 0.5) is 4.39 Å². The van der Waals surface area contributed by atoms with E-state index < -0.39 is 29.4 Å². The molecular weight excluding hydrogens is 459 g/mol. The molecule has 3 atom stereocenters. The predicted octanol–water partition coefficient (Wildman–Crippen LogP) is 5.40. The molecule has 0 saturated carbocycles. The molecule has 4 aromatic rings. The average molecular weight is 480 g/mol. The number of benzene rings is 3. The van der Waals surface area contributed by atoms with Gasteiger partial charge in [0.2, 0.25) is 11.5 Å². The van der Waals surface area contributed by atoms with E-state index in [0.717, 1.165) is 5.56 Å². The molecule has 1 aromatic heterocycles. The van der Waals surface area contributed by atoms with Crippen LogP contribution in [0.2, 0.25) is 0 Å².